The molecule has 0 saturated heterocycles. The number of hydrogen-bond donors (Lipinski definition) is 2. The summed E-state index contributed by atoms with van der Waals surface area (Å²) >= 11 is 6.01. The number of hydrogen-bond acceptors (Lipinski definition) is 3. The molecule has 0 saturated carbocycles. The molecule has 3 N–H and O–H groups in total. The molecule has 0 bridgehead atoms. The van der Waals surface area contributed by atoms with Crippen molar-refractivity contribution >= 4 is 11.6 Å². The van der Waals surface area contributed by atoms with Crippen molar-refractivity contribution in [2.75, 3.05) is 0 Å². The first-order valence-electron chi connectivity index (χ1n) is 6.10. The largest absolute Gasteiger partial charge is 0.271 e. The summed E-state index contributed by atoms with van der Waals surface area (Å²) in [6.45, 7) is 2.83. The van der Waals surface area contributed by atoms with E-state index >= 15 is 0 Å². The SMILES string of the molecule is CCCn1nccc1C(NN)c1cccc(F)c1Cl. The van der Waals surface area contributed by atoms with Crippen LogP contribution in [0.1, 0.15) is 30.6 Å². The maximum atomic E-state index is 13.5. The number of aromatic nitrogens is 2. The lowest BCUT2D eigenvalue weighted by Crippen LogP contribution is -2.31. The fourth-order valence-corrected chi connectivity index (χ4v) is 2.30. The summed E-state index contributed by atoms with van der Waals surface area (Å²) in [6.07, 6.45) is 2.64. The van der Waals surface area contributed by atoms with Crippen LogP contribution in [-0.4, -0.2) is 9.78 Å². The van der Waals surface area contributed by atoms with Crippen LogP contribution in [0.5, 0.6) is 0 Å². The number of hydrazine groups is 1. The molecular weight excluding hydrogens is 267 g/mol. The van der Waals surface area contributed by atoms with E-state index in [0.29, 0.717) is 5.56 Å². The van der Waals surface area contributed by atoms with Gasteiger partial charge in [-0.15, -0.1) is 0 Å². The first-order valence-corrected chi connectivity index (χ1v) is 6.48. The van der Waals surface area contributed by atoms with Gasteiger partial charge >= 0.3 is 0 Å². The molecule has 0 amide bonds. The van der Waals surface area contributed by atoms with Crippen molar-refractivity contribution in [3.63, 3.8) is 0 Å². The molecule has 2 aromatic rings. The average molecular weight is 283 g/mol. The Kier molecular flexibility index (Phi) is 4.52. The van der Waals surface area contributed by atoms with Gasteiger partial charge in [-0.2, -0.15) is 5.10 Å². The highest BCUT2D eigenvalue weighted by molar-refractivity contribution is 6.31. The molecule has 0 aliphatic heterocycles. The second kappa shape index (κ2) is 6.14. The third-order valence-electron chi connectivity index (χ3n) is 2.94. The number of rotatable bonds is 5. The first-order chi connectivity index (χ1) is 9.19. The summed E-state index contributed by atoms with van der Waals surface area (Å²) < 4.78 is 15.4. The molecule has 0 fully saturated rings. The average Bonchev–Trinajstić information content (AvgIpc) is 2.84. The summed E-state index contributed by atoms with van der Waals surface area (Å²) in [7, 11) is 0. The predicted octanol–water partition coefficient (Wildman–Crippen LogP) is 2.64. The lowest BCUT2D eigenvalue weighted by atomic mass is 10.0. The Morgan fingerprint density at radius 3 is 2.95 bits per heavy atom. The Bertz CT molecular complexity index is 555. The molecular formula is C13H16ClFN4. The van der Waals surface area contributed by atoms with Gasteiger partial charge in [-0.05, 0) is 24.1 Å². The van der Waals surface area contributed by atoms with E-state index in [4.69, 9.17) is 17.4 Å². The van der Waals surface area contributed by atoms with Crippen molar-refractivity contribution in [3.8, 4) is 0 Å². The zero-order valence-corrected chi connectivity index (χ0v) is 11.4. The number of nitrogens with zero attached hydrogens (tertiary/aromatic N) is 2. The van der Waals surface area contributed by atoms with Gasteiger partial charge in [0, 0.05) is 12.7 Å². The van der Waals surface area contributed by atoms with Gasteiger partial charge in [0.15, 0.2) is 0 Å². The van der Waals surface area contributed by atoms with E-state index in [1.54, 1.807) is 18.3 Å². The van der Waals surface area contributed by atoms with Gasteiger partial charge in [-0.3, -0.25) is 10.5 Å². The minimum absolute atomic E-state index is 0.0784. The van der Waals surface area contributed by atoms with Crippen molar-refractivity contribution in [2.24, 2.45) is 5.84 Å². The fraction of sp³-hybridized carbons (Fsp3) is 0.308. The predicted molar refractivity (Wildman–Crippen MR) is 73.1 cm³/mol. The van der Waals surface area contributed by atoms with Crippen LogP contribution in [0, 0.1) is 5.82 Å². The van der Waals surface area contributed by atoms with Gasteiger partial charge in [-0.25, -0.2) is 9.82 Å². The van der Waals surface area contributed by atoms with Crippen LogP contribution in [0.3, 0.4) is 0 Å². The molecule has 1 unspecified atom stereocenters. The molecule has 2 rings (SSSR count). The first kappa shape index (κ1) is 14.0. The molecule has 0 radical (unpaired) electrons. The number of halogens is 2. The summed E-state index contributed by atoms with van der Waals surface area (Å²) in [6, 6.07) is 6.14. The Morgan fingerprint density at radius 1 is 1.47 bits per heavy atom. The van der Waals surface area contributed by atoms with E-state index in [9.17, 15) is 4.39 Å². The Hall–Kier alpha value is -1.43. The van der Waals surface area contributed by atoms with Crippen LogP contribution in [0.15, 0.2) is 30.5 Å². The van der Waals surface area contributed by atoms with Crippen molar-refractivity contribution < 1.29 is 4.39 Å². The maximum Gasteiger partial charge on any atom is 0.142 e. The number of aryl methyl sites for hydroxylation is 1. The normalized spacial score (nSPS) is 12.6. The lowest BCUT2D eigenvalue weighted by Gasteiger charge is -2.19. The third kappa shape index (κ3) is 2.78. The van der Waals surface area contributed by atoms with E-state index in [1.165, 1.54) is 6.07 Å². The molecule has 1 atom stereocenters. The van der Waals surface area contributed by atoms with Gasteiger partial charge in [0.05, 0.1) is 16.8 Å². The van der Waals surface area contributed by atoms with E-state index in [-0.39, 0.29) is 5.02 Å². The van der Waals surface area contributed by atoms with E-state index < -0.39 is 11.9 Å². The highest BCUT2D eigenvalue weighted by Crippen LogP contribution is 2.29. The minimum Gasteiger partial charge on any atom is -0.271 e. The smallest absolute Gasteiger partial charge is 0.142 e. The fourth-order valence-electron chi connectivity index (χ4n) is 2.06. The monoisotopic (exact) mass is 282 g/mol. The van der Waals surface area contributed by atoms with E-state index in [2.05, 4.69) is 17.4 Å². The lowest BCUT2D eigenvalue weighted by molar-refractivity contribution is 0.518. The van der Waals surface area contributed by atoms with Crippen LogP contribution < -0.4 is 11.3 Å². The second-order valence-corrected chi connectivity index (χ2v) is 4.60. The number of nitrogens with one attached hydrogen (secondary N) is 1. The standard InChI is InChI=1S/C13H16ClFN4/c1-2-8-19-11(6-7-17-19)13(18-16)9-4-3-5-10(15)12(9)14/h3-7,13,18H,2,8,16H2,1H3. The molecule has 6 heteroatoms. The Morgan fingerprint density at radius 2 is 2.26 bits per heavy atom. The molecule has 1 aromatic heterocycles. The molecule has 0 spiro atoms. The van der Waals surface area contributed by atoms with Gasteiger partial charge in [0.1, 0.15) is 5.82 Å². The Labute approximate surface area is 116 Å². The summed E-state index contributed by atoms with van der Waals surface area (Å²) in [5.41, 5.74) is 4.13. The molecule has 0 aliphatic carbocycles. The van der Waals surface area contributed by atoms with Crippen molar-refractivity contribution in [2.45, 2.75) is 25.9 Å². The summed E-state index contributed by atoms with van der Waals surface area (Å²) in [5.74, 6) is 5.15. The molecule has 4 nitrogen and oxygen atoms in total. The maximum absolute atomic E-state index is 13.5. The van der Waals surface area contributed by atoms with Gasteiger partial charge < -0.3 is 0 Å². The second-order valence-electron chi connectivity index (χ2n) is 4.22. The minimum atomic E-state index is -0.457. The van der Waals surface area contributed by atoms with Crippen molar-refractivity contribution in [1.29, 1.82) is 0 Å². The van der Waals surface area contributed by atoms with Crippen LogP contribution in [0.2, 0.25) is 5.02 Å². The number of nitrogens with two attached hydrogens (primary N) is 1. The molecule has 0 aliphatic rings. The van der Waals surface area contributed by atoms with Crippen molar-refractivity contribution in [1.82, 2.24) is 15.2 Å². The van der Waals surface area contributed by atoms with Crippen LogP contribution >= 0.6 is 11.6 Å². The highest BCUT2D eigenvalue weighted by atomic mass is 35.5. The molecule has 1 heterocycles. The molecule has 1 aromatic carbocycles. The third-order valence-corrected chi connectivity index (χ3v) is 3.34. The van der Waals surface area contributed by atoms with Crippen molar-refractivity contribution in [3.05, 3.63) is 52.6 Å². The van der Waals surface area contributed by atoms with Crippen LogP contribution in [0.25, 0.3) is 0 Å². The zero-order valence-electron chi connectivity index (χ0n) is 10.6. The molecule has 102 valence electrons. The number of benzene rings is 1. The molecule has 19 heavy (non-hydrogen) atoms. The highest BCUT2D eigenvalue weighted by Gasteiger charge is 2.20. The zero-order chi connectivity index (χ0) is 13.8. The van der Waals surface area contributed by atoms with E-state index in [1.807, 2.05) is 10.7 Å². The van der Waals surface area contributed by atoms with Crippen LogP contribution in [-0.2, 0) is 6.54 Å². The quantitative estimate of drug-likeness (QED) is 0.655. The van der Waals surface area contributed by atoms with Gasteiger partial charge in [-0.1, -0.05) is 30.7 Å². The van der Waals surface area contributed by atoms with E-state index in [0.717, 1.165) is 18.7 Å². The Balaban J connectivity index is 2.44. The summed E-state index contributed by atoms with van der Waals surface area (Å²) in [4.78, 5) is 0. The van der Waals surface area contributed by atoms with Gasteiger partial charge in [0.2, 0.25) is 0 Å². The summed E-state index contributed by atoms with van der Waals surface area (Å²) in [5, 5.41) is 4.32. The van der Waals surface area contributed by atoms with Crippen LogP contribution in [0.4, 0.5) is 4.39 Å². The van der Waals surface area contributed by atoms with Gasteiger partial charge in [0.25, 0.3) is 0 Å². The topological polar surface area (TPSA) is 55.9 Å².